The van der Waals surface area contributed by atoms with Crippen LogP contribution in [0.4, 0.5) is 13.2 Å². The standard InChI is InChI=1S/C28H33F3N6O6S/c1-4-13-36-26(39)23-25(35(5-2)27(36)40)33-24(37(23)44(41,42)14-8-7-12-22(38)43-6-3)20-16-32-34(18-20)17-19-10-9-11-21(15-19)28(29,30)31/h9-11,15-16,18H,4-8,12-14,17H2,1-3H3. The predicted octanol–water partition coefficient (Wildman–Crippen LogP) is 3.63. The van der Waals surface area contributed by atoms with Crippen molar-refractivity contribution < 1.29 is 31.1 Å². The van der Waals surface area contributed by atoms with Crippen LogP contribution in [0.1, 0.15) is 57.6 Å². The van der Waals surface area contributed by atoms with E-state index in [0.717, 1.165) is 20.7 Å². The minimum atomic E-state index is -4.53. The van der Waals surface area contributed by atoms with Crippen molar-refractivity contribution in [2.75, 3.05) is 12.4 Å². The van der Waals surface area contributed by atoms with Gasteiger partial charge in [0.05, 0.1) is 36.2 Å². The molecule has 0 unspecified atom stereocenters. The second-order valence-electron chi connectivity index (χ2n) is 10.1. The van der Waals surface area contributed by atoms with Crippen molar-refractivity contribution in [3.8, 4) is 11.4 Å². The van der Waals surface area contributed by atoms with E-state index in [2.05, 4.69) is 10.1 Å². The summed E-state index contributed by atoms with van der Waals surface area (Å²) in [6, 6.07) is 4.73. The fourth-order valence-electron chi connectivity index (χ4n) is 4.85. The molecule has 238 valence electrons. The molecule has 4 rings (SSSR count). The topological polar surface area (TPSA) is 140 Å². The lowest BCUT2D eigenvalue weighted by molar-refractivity contribution is -0.143. The van der Waals surface area contributed by atoms with Gasteiger partial charge in [-0.05, 0) is 50.8 Å². The molecule has 0 bridgehead atoms. The summed E-state index contributed by atoms with van der Waals surface area (Å²) in [6.07, 6.45) is -1.08. The highest BCUT2D eigenvalue weighted by Crippen LogP contribution is 2.30. The van der Waals surface area contributed by atoms with Gasteiger partial charge >= 0.3 is 17.8 Å². The van der Waals surface area contributed by atoms with Crippen LogP contribution in [0.15, 0.2) is 46.2 Å². The van der Waals surface area contributed by atoms with Gasteiger partial charge in [0.25, 0.3) is 5.56 Å². The molecule has 4 aromatic rings. The molecule has 0 saturated carbocycles. The number of aromatic nitrogens is 6. The van der Waals surface area contributed by atoms with Crippen LogP contribution >= 0.6 is 0 Å². The van der Waals surface area contributed by atoms with E-state index in [1.807, 2.05) is 0 Å². The van der Waals surface area contributed by atoms with E-state index < -0.39 is 44.7 Å². The van der Waals surface area contributed by atoms with E-state index >= 15 is 0 Å². The molecule has 0 aliphatic carbocycles. The van der Waals surface area contributed by atoms with Gasteiger partial charge in [-0.25, -0.2) is 22.2 Å². The van der Waals surface area contributed by atoms with Gasteiger partial charge < -0.3 is 4.74 Å². The molecular weight excluding hydrogens is 605 g/mol. The van der Waals surface area contributed by atoms with Gasteiger partial charge in [-0.2, -0.15) is 18.3 Å². The van der Waals surface area contributed by atoms with Crippen LogP contribution in [0.25, 0.3) is 22.6 Å². The Morgan fingerprint density at radius 1 is 1.07 bits per heavy atom. The maximum Gasteiger partial charge on any atom is 0.416 e. The third-order valence-electron chi connectivity index (χ3n) is 6.85. The van der Waals surface area contributed by atoms with E-state index in [4.69, 9.17) is 4.74 Å². The van der Waals surface area contributed by atoms with Crippen molar-refractivity contribution in [2.24, 2.45) is 0 Å². The monoisotopic (exact) mass is 638 g/mol. The molecule has 0 fully saturated rings. The Morgan fingerprint density at radius 3 is 2.48 bits per heavy atom. The van der Waals surface area contributed by atoms with E-state index in [9.17, 15) is 36.0 Å². The second-order valence-corrected chi connectivity index (χ2v) is 12.0. The Kier molecular flexibility index (Phi) is 9.81. The molecule has 0 radical (unpaired) electrons. The van der Waals surface area contributed by atoms with Crippen molar-refractivity contribution in [2.45, 2.75) is 72.3 Å². The summed E-state index contributed by atoms with van der Waals surface area (Å²) in [5, 5.41) is 4.20. The zero-order valence-corrected chi connectivity index (χ0v) is 25.3. The summed E-state index contributed by atoms with van der Waals surface area (Å²) >= 11 is 0. The molecule has 1 aromatic carbocycles. The average molecular weight is 639 g/mol. The zero-order valence-electron chi connectivity index (χ0n) is 24.5. The number of hydrogen-bond acceptors (Lipinski definition) is 8. The number of ether oxygens (including phenoxy) is 1. The Labute approximate surface area is 250 Å². The largest absolute Gasteiger partial charge is 0.466 e. The SMILES string of the molecule is CCCn1c(=O)c2c(nc(-c3cnn(Cc4cccc(C(F)(F)F)c4)c3)n2S(=O)(=O)CCCCC(=O)OCC)n(CC)c1=O. The zero-order chi connectivity index (χ0) is 32.2. The van der Waals surface area contributed by atoms with Gasteiger partial charge in [-0.15, -0.1) is 0 Å². The number of nitrogens with zero attached hydrogens (tertiary/aromatic N) is 6. The molecule has 16 heteroatoms. The number of halogens is 3. The number of carbonyl (C=O) groups excluding carboxylic acids is 1. The van der Waals surface area contributed by atoms with Gasteiger partial charge in [0.2, 0.25) is 10.0 Å². The van der Waals surface area contributed by atoms with Crippen molar-refractivity contribution in [3.05, 3.63) is 68.6 Å². The normalized spacial score (nSPS) is 12.2. The minimum Gasteiger partial charge on any atom is -0.466 e. The fourth-order valence-corrected chi connectivity index (χ4v) is 6.45. The number of fused-ring (bicyclic) bond motifs is 1. The predicted molar refractivity (Wildman–Crippen MR) is 156 cm³/mol. The Balaban J connectivity index is 1.82. The molecule has 0 amide bonds. The van der Waals surface area contributed by atoms with Crippen molar-refractivity contribution >= 4 is 27.2 Å². The van der Waals surface area contributed by atoms with Crippen LogP contribution in [-0.2, 0) is 45.4 Å². The Hall–Kier alpha value is -4.21. The summed E-state index contributed by atoms with van der Waals surface area (Å²) in [5.41, 5.74) is -2.22. The van der Waals surface area contributed by atoms with Crippen LogP contribution in [0.5, 0.6) is 0 Å². The second kappa shape index (κ2) is 13.2. The third kappa shape index (κ3) is 6.79. The minimum absolute atomic E-state index is 0.0158. The van der Waals surface area contributed by atoms with Gasteiger partial charge in [-0.1, -0.05) is 19.1 Å². The highest BCUT2D eigenvalue weighted by molar-refractivity contribution is 7.90. The lowest BCUT2D eigenvalue weighted by Gasteiger charge is -2.12. The summed E-state index contributed by atoms with van der Waals surface area (Å²) in [7, 11) is -4.28. The summed E-state index contributed by atoms with van der Waals surface area (Å²) in [4.78, 5) is 42.9. The number of carbonyl (C=O) groups is 1. The first-order valence-electron chi connectivity index (χ1n) is 14.2. The van der Waals surface area contributed by atoms with Gasteiger partial charge in [-0.3, -0.25) is 23.4 Å². The highest BCUT2D eigenvalue weighted by Gasteiger charge is 2.31. The summed E-state index contributed by atoms with van der Waals surface area (Å²) < 4.78 is 76.5. The van der Waals surface area contributed by atoms with E-state index in [1.54, 1.807) is 20.8 Å². The molecule has 0 saturated heterocycles. The van der Waals surface area contributed by atoms with Gasteiger partial charge in [0.15, 0.2) is 17.0 Å². The third-order valence-corrected chi connectivity index (χ3v) is 8.57. The molecule has 0 aliphatic heterocycles. The highest BCUT2D eigenvalue weighted by atomic mass is 32.2. The number of esters is 1. The maximum atomic E-state index is 13.8. The smallest absolute Gasteiger partial charge is 0.416 e. The quantitative estimate of drug-likeness (QED) is 0.160. The first kappa shape index (κ1) is 32.7. The summed E-state index contributed by atoms with van der Waals surface area (Å²) in [6.45, 7) is 5.40. The number of rotatable bonds is 13. The Morgan fingerprint density at radius 2 is 1.82 bits per heavy atom. The van der Waals surface area contributed by atoms with Crippen LogP contribution in [-0.4, -0.2) is 54.6 Å². The number of imidazole rings is 1. The molecule has 0 N–H and O–H groups in total. The molecule has 3 heterocycles. The number of hydrogen-bond donors (Lipinski definition) is 0. The number of unbranched alkanes of at least 4 members (excludes halogenated alkanes) is 1. The number of alkyl halides is 3. The average Bonchev–Trinajstić information content (AvgIpc) is 3.59. The lowest BCUT2D eigenvalue weighted by Crippen LogP contribution is -2.40. The van der Waals surface area contributed by atoms with E-state index in [1.165, 1.54) is 33.8 Å². The first-order valence-corrected chi connectivity index (χ1v) is 15.8. The molecule has 12 nitrogen and oxygen atoms in total. The number of benzene rings is 1. The maximum absolute atomic E-state index is 13.8. The molecular formula is C28H33F3N6O6S. The van der Waals surface area contributed by atoms with E-state index in [0.29, 0.717) is 12.0 Å². The van der Waals surface area contributed by atoms with Crippen LogP contribution in [0, 0.1) is 0 Å². The van der Waals surface area contributed by atoms with E-state index in [-0.39, 0.29) is 68.1 Å². The lowest BCUT2D eigenvalue weighted by atomic mass is 10.1. The molecule has 3 aromatic heterocycles. The molecule has 0 atom stereocenters. The molecule has 0 spiro atoms. The van der Waals surface area contributed by atoms with Crippen molar-refractivity contribution in [1.82, 2.24) is 27.9 Å². The van der Waals surface area contributed by atoms with Crippen LogP contribution < -0.4 is 11.2 Å². The Bertz CT molecular complexity index is 1890. The molecule has 0 aliphatic rings. The van der Waals surface area contributed by atoms with Crippen LogP contribution in [0.3, 0.4) is 0 Å². The number of aryl methyl sites for hydroxylation is 1. The van der Waals surface area contributed by atoms with Gasteiger partial charge in [0, 0.05) is 25.7 Å². The van der Waals surface area contributed by atoms with Crippen molar-refractivity contribution in [1.29, 1.82) is 0 Å². The van der Waals surface area contributed by atoms with Crippen molar-refractivity contribution in [3.63, 3.8) is 0 Å². The fraction of sp³-hybridized carbons (Fsp3) is 0.464. The van der Waals surface area contributed by atoms with Crippen LogP contribution in [0.2, 0.25) is 0 Å². The molecule has 44 heavy (non-hydrogen) atoms. The summed E-state index contributed by atoms with van der Waals surface area (Å²) in [5.74, 6) is -1.07. The first-order chi connectivity index (χ1) is 20.8. The van der Waals surface area contributed by atoms with Gasteiger partial charge in [0.1, 0.15) is 0 Å².